The van der Waals surface area contributed by atoms with E-state index in [1.165, 1.54) is 24.5 Å². The van der Waals surface area contributed by atoms with Gasteiger partial charge in [-0.1, -0.05) is 24.3 Å². The predicted molar refractivity (Wildman–Crippen MR) is 96.1 cm³/mol. The van der Waals surface area contributed by atoms with Crippen LogP contribution in [-0.2, 0) is 9.53 Å². The molecule has 28 heavy (non-hydrogen) atoms. The number of nitriles is 1. The Labute approximate surface area is 160 Å². The van der Waals surface area contributed by atoms with Gasteiger partial charge in [-0.25, -0.2) is 14.8 Å². The van der Waals surface area contributed by atoms with Gasteiger partial charge in [-0.05, 0) is 24.3 Å². The van der Waals surface area contributed by atoms with Gasteiger partial charge in [0.2, 0.25) is 11.8 Å². The lowest BCUT2D eigenvalue weighted by Crippen LogP contribution is -2.16. The third-order valence-corrected chi connectivity index (χ3v) is 3.56. The van der Waals surface area contributed by atoms with E-state index < -0.39 is 11.8 Å². The van der Waals surface area contributed by atoms with Crippen LogP contribution in [0.1, 0.15) is 15.9 Å². The molecule has 0 bridgehead atoms. The van der Waals surface area contributed by atoms with E-state index >= 15 is 0 Å². The molecule has 8 heteroatoms. The number of esters is 1. The van der Waals surface area contributed by atoms with Gasteiger partial charge in [-0.3, -0.25) is 4.79 Å². The van der Waals surface area contributed by atoms with Crippen LogP contribution in [0.15, 0.2) is 60.9 Å². The van der Waals surface area contributed by atoms with Crippen molar-refractivity contribution in [3.8, 4) is 29.3 Å². The third-order valence-electron chi connectivity index (χ3n) is 3.56. The van der Waals surface area contributed by atoms with Crippen molar-refractivity contribution in [1.29, 1.82) is 5.26 Å². The first-order valence-electron chi connectivity index (χ1n) is 8.01. The number of para-hydroxylation sites is 2. The fourth-order valence-corrected chi connectivity index (χ4v) is 2.25. The summed E-state index contributed by atoms with van der Waals surface area (Å²) in [6, 6.07) is 16.3. The van der Waals surface area contributed by atoms with Crippen molar-refractivity contribution >= 4 is 11.8 Å². The minimum atomic E-state index is -1.00. The summed E-state index contributed by atoms with van der Waals surface area (Å²) in [5.74, 6) is -1.16. The van der Waals surface area contributed by atoms with E-state index in [1.54, 1.807) is 36.4 Å². The number of ether oxygens (including phenoxy) is 3. The monoisotopic (exact) mass is 375 g/mol. The van der Waals surface area contributed by atoms with Crippen LogP contribution in [0.5, 0.6) is 23.3 Å². The van der Waals surface area contributed by atoms with Crippen LogP contribution < -0.4 is 9.47 Å². The van der Waals surface area contributed by atoms with E-state index in [-0.39, 0.29) is 23.1 Å². The lowest BCUT2D eigenvalue weighted by molar-refractivity contribution is -0.135. The molecule has 138 valence electrons. The number of carbonyl (C=O) groups is 2. The number of benzene rings is 2. The van der Waals surface area contributed by atoms with E-state index in [1.807, 2.05) is 6.07 Å². The molecule has 0 saturated heterocycles. The molecular formula is C20H13N3O5. The van der Waals surface area contributed by atoms with Gasteiger partial charge in [-0.15, -0.1) is 0 Å². The second-order valence-electron chi connectivity index (χ2n) is 5.32. The van der Waals surface area contributed by atoms with Gasteiger partial charge < -0.3 is 14.2 Å². The quantitative estimate of drug-likeness (QED) is 0.366. The summed E-state index contributed by atoms with van der Waals surface area (Å²) < 4.78 is 15.7. The molecule has 0 fully saturated rings. The molecule has 0 saturated carbocycles. The summed E-state index contributed by atoms with van der Waals surface area (Å²) in [7, 11) is 1.12. The lowest BCUT2D eigenvalue weighted by atomic mass is 10.1. The third kappa shape index (κ3) is 4.11. The highest BCUT2D eigenvalue weighted by Gasteiger charge is 2.21. The zero-order valence-corrected chi connectivity index (χ0v) is 14.7. The molecule has 3 aromatic rings. The fourth-order valence-electron chi connectivity index (χ4n) is 2.25. The average Bonchev–Trinajstić information content (AvgIpc) is 2.73. The number of Topliss-reactive ketones (excluding diaryl/α,β-unsaturated/α-hetero) is 1. The van der Waals surface area contributed by atoms with Crippen molar-refractivity contribution in [3.05, 3.63) is 72.1 Å². The van der Waals surface area contributed by atoms with Crippen LogP contribution in [0.25, 0.3) is 0 Å². The molecular weight excluding hydrogens is 362 g/mol. The van der Waals surface area contributed by atoms with Gasteiger partial charge in [0.1, 0.15) is 23.9 Å². The molecule has 0 aliphatic heterocycles. The van der Waals surface area contributed by atoms with Crippen LogP contribution in [0.2, 0.25) is 0 Å². The van der Waals surface area contributed by atoms with E-state index in [2.05, 4.69) is 14.7 Å². The van der Waals surface area contributed by atoms with Gasteiger partial charge in [0.25, 0.3) is 5.78 Å². The van der Waals surface area contributed by atoms with Gasteiger partial charge in [0.15, 0.2) is 0 Å². The number of carbonyl (C=O) groups excluding carboxylic acids is 2. The molecule has 8 nitrogen and oxygen atoms in total. The highest BCUT2D eigenvalue weighted by atomic mass is 16.5. The van der Waals surface area contributed by atoms with Crippen molar-refractivity contribution in [1.82, 2.24) is 9.97 Å². The Kier molecular flexibility index (Phi) is 5.58. The van der Waals surface area contributed by atoms with Crippen LogP contribution in [0, 0.1) is 11.3 Å². The molecule has 3 rings (SSSR count). The second-order valence-corrected chi connectivity index (χ2v) is 5.32. The van der Waals surface area contributed by atoms with Gasteiger partial charge in [0.05, 0.1) is 24.3 Å². The van der Waals surface area contributed by atoms with Crippen molar-refractivity contribution in [2.24, 2.45) is 0 Å². The van der Waals surface area contributed by atoms with Gasteiger partial charge >= 0.3 is 5.97 Å². The Morgan fingerprint density at radius 2 is 1.54 bits per heavy atom. The Morgan fingerprint density at radius 1 is 0.929 bits per heavy atom. The van der Waals surface area contributed by atoms with E-state index in [0.717, 1.165) is 7.11 Å². The summed E-state index contributed by atoms with van der Waals surface area (Å²) in [5, 5.41) is 9.14. The smallest absolute Gasteiger partial charge is 0.379 e. The first kappa shape index (κ1) is 18.5. The van der Waals surface area contributed by atoms with Gasteiger partial charge in [0, 0.05) is 0 Å². The Bertz CT molecular complexity index is 1080. The molecule has 0 amide bonds. The van der Waals surface area contributed by atoms with Crippen LogP contribution >= 0.6 is 0 Å². The summed E-state index contributed by atoms with van der Waals surface area (Å²) in [6.07, 6.45) is 1.21. The first-order valence-corrected chi connectivity index (χ1v) is 8.01. The number of aromatic nitrogens is 2. The van der Waals surface area contributed by atoms with E-state index in [4.69, 9.17) is 14.7 Å². The first-order chi connectivity index (χ1) is 13.6. The number of hydrogen-bond donors (Lipinski definition) is 0. The maximum absolute atomic E-state index is 12.1. The summed E-state index contributed by atoms with van der Waals surface area (Å²) >= 11 is 0. The average molecular weight is 375 g/mol. The molecule has 0 N–H and O–H groups in total. The van der Waals surface area contributed by atoms with Crippen molar-refractivity contribution in [2.45, 2.75) is 0 Å². The highest BCUT2D eigenvalue weighted by Crippen LogP contribution is 2.28. The fraction of sp³-hybridized carbons (Fsp3) is 0.0500. The number of rotatable bonds is 6. The number of ketones is 1. The Morgan fingerprint density at radius 3 is 2.21 bits per heavy atom. The summed E-state index contributed by atoms with van der Waals surface area (Å²) in [5.41, 5.74) is 0.378. The van der Waals surface area contributed by atoms with Crippen molar-refractivity contribution < 1.29 is 23.8 Å². The zero-order chi connectivity index (χ0) is 19.9. The largest absolute Gasteiger partial charge is 0.463 e. The molecule has 0 radical (unpaired) electrons. The SMILES string of the molecule is COC(=O)C(=O)c1ccccc1Oc1cc(Oc2ccccc2C#N)ncn1. The molecule has 1 heterocycles. The predicted octanol–water partition coefficient (Wildman–Crippen LogP) is 3.29. The van der Waals surface area contributed by atoms with Crippen LogP contribution in [0.3, 0.4) is 0 Å². The van der Waals surface area contributed by atoms with Crippen molar-refractivity contribution in [2.75, 3.05) is 7.11 Å². The lowest BCUT2D eigenvalue weighted by Gasteiger charge is -2.10. The minimum Gasteiger partial charge on any atom is -0.463 e. The Balaban J connectivity index is 1.86. The number of hydrogen-bond acceptors (Lipinski definition) is 8. The standard InChI is InChI=1S/C20H13N3O5/c1-26-20(25)19(24)14-7-3-5-9-16(14)28-18-10-17(22-12-23-18)27-15-8-4-2-6-13(15)11-21/h2-10,12H,1H3. The number of methoxy groups -OCH3 is 1. The molecule has 2 aromatic carbocycles. The zero-order valence-electron chi connectivity index (χ0n) is 14.7. The van der Waals surface area contributed by atoms with Gasteiger partial charge in [-0.2, -0.15) is 5.26 Å². The van der Waals surface area contributed by atoms with E-state index in [9.17, 15) is 9.59 Å². The topological polar surface area (TPSA) is 111 Å². The van der Waals surface area contributed by atoms with Crippen LogP contribution in [0.4, 0.5) is 0 Å². The molecule has 0 aliphatic carbocycles. The molecule has 0 spiro atoms. The molecule has 1 aromatic heterocycles. The molecule has 0 aliphatic rings. The summed E-state index contributed by atoms with van der Waals surface area (Å²) in [4.78, 5) is 31.6. The van der Waals surface area contributed by atoms with Crippen molar-refractivity contribution in [3.63, 3.8) is 0 Å². The van der Waals surface area contributed by atoms with E-state index in [0.29, 0.717) is 11.3 Å². The minimum absolute atomic E-state index is 0.0326. The number of nitrogens with zero attached hydrogens (tertiary/aromatic N) is 3. The van der Waals surface area contributed by atoms with Crippen LogP contribution in [-0.4, -0.2) is 28.8 Å². The normalized spacial score (nSPS) is 9.86. The highest BCUT2D eigenvalue weighted by molar-refractivity contribution is 6.41. The summed E-state index contributed by atoms with van der Waals surface area (Å²) in [6.45, 7) is 0. The Hall–Kier alpha value is -4.25. The second kappa shape index (κ2) is 8.42. The maximum atomic E-state index is 12.1. The molecule has 0 unspecified atom stereocenters. The molecule has 0 atom stereocenters. The maximum Gasteiger partial charge on any atom is 0.379 e.